The van der Waals surface area contributed by atoms with Crippen LogP contribution in [0.15, 0.2) is 18.2 Å². The second-order valence-corrected chi connectivity index (χ2v) is 3.26. The summed E-state index contributed by atoms with van der Waals surface area (Å²) in [7, 11) is 0. The smallest absolute Gasteiger partial charge is 0.422 e. The van der Waals surface area contributed by atoms with Crippen molar-refractivity contribution < 1.29 is 22.6 Å². The van der Waals surface area contributed by atoms with E-state index in [-0.39, 0.29) is 5.75 Å². The molecule has 0 saturated carbocycles. The predicted octanol–water partition coefficient (Wildman–Crippen LogP) is 3.33. The van der Waals surface area contributed by atoms with Crippen LogP contribution in [0.1, 0.15) is 12.5 Å². The van der Waals surface area contributed by atoms with Crippen LogP contribution in [0.25, 0.3) is 0 Å². The molecule has 0 aliphatic heterocycles. The Bertz CT molecular complexity index is 348. The van der Waals surface area contributed by atoms with E-state index in [0.29, 0.717) is 17.9 Å². The van der Waals surface area contributed by atoms with Crippen molar-refractivity contribution in [1.82, 2.24) is 0 Å². The molecular weight excluding hydrogens is 221 g/mol. The van der Waals surface area contributed by atoms with Crippen LogP contribution >= 0.6 is 0 Å². The van der Waals surface area contributed by atoms with Gasteiger partial charge in [-0.05, 0) is 37.6 Å². The summed E-state index contributed by atoms with van der Waals surface area (Å²) < 4.78 is 45.6. The third-order valence-electron chi connectivity index (χ3n) is 1.85. The van der Waals surface area contributed by atoms with Crippen molar-refractivity contribution in [3.8, 4) is 11.5 Å². The van der Waals surface area contributed by atoms with Crippen LogP contribution in [-0.4, -0.2) is 19.4 Å². The molecule has 90 valence electrons. The molecule has 0 spiro atoms. The average molecular weight is 234 g/mol. The molecular formula is C11H13F3O2. The van der Waals surface area contributed by atoms with Gasteiger partial charge in [0.15, 0.2) is 6.61 Å². The molecule has 0 aromatic heterocycles. The number of hydrogen-bond acceptors (Lipinski definition) is 2. The van der Waals surface area contributed by atoms with E-state index in [1.165, 1.54) is 6.07 Å². The highest BCUT2D eigenvalue weighted by molar-refractivity contribution is 5.39. The van der Waals surface area contributed by atoms with Crippen LogP contribution in [0.2, 0.25) is 0 Å². The lowest BCUT2D eigenvalue weighted by Crippen LogP contribution is -2.19. The van der Waals surface area contributed by atoms with E-state index in [4.69, 9.17) is 4.74 Å². The van der Waals surface area contributed by atoms with Gasteiger partial charge < -0.3 is 9.47 Å². The van der Waals surface area contributed by atoms with Crippen molar-refractivity contribution in [2.75, 3.05) is 13.2 Å². The van der Waals surface area contributed by atoms with Crippen LogP contribution in [0, 0.1) is 6.92 Å². The van der Waals surface area contributed by atoms with Gasteiger partial charge in [0.1, 0.15) is 11.5 Å². The molecule has 0 aliphatic carbocycles. The fourth-order valence-electron chi connectivity index (χ4n) is 1.20. The van der Waals surface area contributed by atoms with E-state index in [9.17, 15) is 13.2 Å². The molecule has 1 aromatic rings. The summed E-state index contributed by atoms with van der Waals surface area (Å²) in [5, 5.41) is 0. The minimum Gasteiger partial charge on any atom is -0.494 e. The van der Waals surface area contributed by atoms with Crippen molar-refractivity contribution in [2.24, 2.45) is 0 Å². The van der Waals surface area contributed by atoms with Gasteiger partial charge in [-0.15, -0.1) is 0 Å². The molecule has 5 heteroatoms. The fourth-order valence-corrected chi connectivity index (χ4v) is 1.20. The molecule has 0 saturated heterocycles. The van der Waals surface area contributed by atoms with E-state index in [0.717, 1.165) is 0 Å². The second-order valence-electron chi connectivity index (χ2n) is 3.26. The highest BCUT2D eigenvalue weighted by Gasteiger charge is 2.28. The maximum absolute atomic E-state index is 11.9. The lowest BCUT2D eigenvalue weighted by Gasteiger charge is -2.12. The zero-order valence-electron chi connectivity index (χ0n) is 9.10. The van der Waals surface area contributed by atoms with Gasteiger partial charge in [-0.2, -0.15) is 13.2 Å². The van der Waals surface area contributed by atoms with Crippen LogP contribution < -0.4 is 9.47 Å². The van der Waals surface area contributed by atoms with Crippen molar-refractivity contribution in [3.05, 3.63) is 23.8 Å². The van der Waals surface area contributed by atoms with Gasteiger partial charge in [-0.25, -0.2) is 0 Å². The topological polar surface area (TPSA) is 18.5 Å². The fraction of sp³-hybridized carbons (Fsp3) is 0.455. The first-order chi connectivity index (χ1) is 7.42. The Kier molecular flexibility index (Phi) is 4.04. The van der Waals surface area contributed by atoms with Gasteiger partial charge in [0, 0.05) is 0 Å². The third-order valence-corrected chi connectivity index (χ3v) is 1.85. The Morgan fingerprint density at radius 3 is 2.38 bits per heavy atom. The number of rotatable bonds is 4. The minimum absolute atomic E-state index is 0.223. The maximum atomic E-state index is 11.9. The van der Waals surface area contributed by atoms with Crippen LogP contribution in [0.4, 0.5) is 13.2 Å². The quantitative estimate of drug-likeness (QED) is 0.795. The SMILES string of the molecule is CCOc1ccc(OCC(F)(F)F)c(C)c1. The molecule has 0 amide bonds. The third kappa shape index (κ3) is 4.00. The number of alkyl halides is 3. The summed E-state index contributed by atoms with van der Waals surface area (Å²) in [6.07, 6.45) is -4.31. The summed E-state index contributed by atoms with van der Waals surface area (Å²) in [4.78, 5) is 0. The van der Waals surface area contributed by atoms with E-state index < -0.39 is 12.8 Å². The van der Waals surface area contributed by atoms with Crippen molar-refractivity contribution in [1.29, 1.82) is 0 Å². The highest BCUT2D eigenvalue weighted by atomic mass is 19.4. The molecule has 0 atom stereocenters. The lowest BCUT2D eigenvalue weighted by molar-refractivity contribution is -0.153. The number of aryl methyl sites for hydroxylation is 1. The van der Waals surface area contributed by atoms with Crippen LogP contribution in [0.5, 0.6) is 11.5 Å². The maximum Gasteiger partial charge on any atom is 0.422 e. The monoisotopic (exact) mass is 234 g/mol. The molecule has 1 aromatic carbocycles. The summed E-state index contributed by atoms with van der Waals surface area (Å²) in [6, 6.07) is 4.71. The normalized spacial score (nSPS) is 11.3. The van der Waals surface area contributed by atoms with Crippen LogP contribution in [0.3, 0.4) is 0 Å². The Morgan fingerprint density at radius 1 is 1.19 bits per heavy atom. The Hall–Kier alpha value is -1.39. The molecule has 0 heterocycles. The molecule has 16 heavy (non-hydrogen) atoms. The highest BCUT2D eigenvalue weighted by Crippen LogP contribution is 2.25. The van der Waals surface area contributed by atoms with Crippen LogP contribution in [-0.2, 0) is 0 Å². The molecule has 0 bridgehead atoms. The van der Waals surface area contributed by atoms with Gasteiger partial charge in [0.05, 0.1) is 6.61 Å². The Morgan fingerprint density at radius 2 is 1.88 bits per heavy atom. The van der Waals surface area contributed by atoms with Gasteiger partial charge in [-0.1, -0.05) is 0 Å². The molecule has 0 radical (unpaired) electrons. The zero-order chi connectivity index (χ0) is 12.2. The van der Waals surface area contributed by atoms with E-state index >= 15 is 0 Å². The minimum atomic E-state index is -4.31. The first-order valence-electron chi connectivity index (χ1n) is 4.85. The summed E-state index contributed by atoms with van der Waals surface area (Å²) in [6.45, 7) is 2.75. The van der Waals surface area contributed by atoms with Gasteiger partial charge >= 0.3 is 6.18 Å². The number of benzene rings is 1. The number of ether oxygens (including phenoxy) is 2. The lowest BCUT2D eigenvalue weighted by atomic mass is 10.2. The Labute approximate surface area is 92.0 Å². The van der Waals surface area contributed by atoms with Gasteiger partial charge in [0.2, 0.25) is 0 Å². The number of halogens is 3. The summed E-state index contributed by atoms with van der Waals surface area (Å²) in [5.74, 6) is 0.847. The van der Waals surface area contributed by atoms with Crippen molar-refractivity contribution >= 4 is 0 Å². The first kappa shape index (κ1) is 12.7. The summed E-state index contributed by atoms with van der Waals surface area (Å²) in [5.41, 5.74) is 0.621. The standard InChI is InChI=1S/C11H13F3O2/c1-3-15-9-4-5-10(8(2)6-9)16-7-11(12,13)14/h4-6H,3,7H2,1-2H3. The van der Waals surface area contributed by atoms with Gasteiger partial charge in [-0.3, -0.25) is 0 Å². The van der Waals surface area contributed by atoms with E-state index in [1.807, 2.05) is 6.92 Å². The van der Waals surface area contributed by atoms with E-state index in [2.05, 4.69) is 4.74 Å². The molecule has 1 rings (SSSR count). The predicted molar refractivity (Wildman–Crippen MR) is 53.9 cm³/mol. The zero-order valence-corrected chi connectivity index (χ0v) is 9.10. The van der Waals surface area contributed by atoms with Crippen molar-refractivity contribution in [3.63, 3.8) is 0 Å². The average Bonchev–Trinajstić information content (AvgIpc) is 2.15. The molecule has 2 nitrogen and oxygen atoms in total. The molecule has 0 aliphatic rings. The number of hydrogen-bond donors (Lipinski definition) is 0. The Balaban J connectivity index is 2.68. The molecule has 0 N–H and O–H groups in total. The first-order valence-corrected chi connectivity index (χ1v) is 4.85. The molecule has 0 fully saturated rings. The largest absolute Gasteiger partial charge is 0.494 e. The molecule has 0 unspecified atom stereocenters. The van der Waals surface area contributed by atoms with E-state index in [1.54, 1.807) is 19.1 Å². The van der Waals surface area contributed by atoms with Gasteiger partial charge in [0.25, 0.3) is 0 Å². The second kappa shape index (κ2) is 5.09. The summed E-state index contributed by atoms with van der Waals surface area (Å²) >= 11 is 0. The van der Waals surface area contributed by atoms with Crippen molar-refractivity contribution in [2.45, 2.75) is 20.0 Å².